The Balaban J connectivity index is 1.30. The van der Waals surface area contributed by atoms with Crippen molar-refractivity contribution in [3.05, 3.63) is 95.6 Å². The standard InChI is InChI=1S/C26H25NO3/c28-26(16-23(19-7-3-1-4-8-19)20-9-5-2-6-10-20)27-14-13-22(17-27)21-11-12-24-25(15-21)30-18-29-24/h1-12,15,22-23H,13-14,16-18H2. The van der Waals surface area contributed by atoms with Crippen molar-refractivity contribution in [3.63, 3.8) is 0 Å². The Labute approximate surface area is 177 Å². The SMILES string of the molecule is O=C(CC(c1ccccc1)c1ccccc1)N1CCC(c2ccc3c(c2)OCO3)C1. The molecule has 4 nitrogen and oxygen atoms in total. The van der Waals surface area contributed by atoms with E-state index in [1.54, 1.807) is 0 Å². The number of carbonyl (C=O) groups is 1. The topological polar surface area (TPSA) is 38.8 Å². The highest BCUT2D eigenvalue weighted by Gasteiger charge is 2.30. The fraction of sp³-hybridized carbons (Fsp3) is 0.269. The molecule has 30 heavy (non-hydrogen) atoms. The molecule has 0 bridgehead atoms. The van der Waals surface area contributed by atoms with Gasteiger partial charge < -0.3 is 14.4 Å². The van der Waals surface area contributed by atoms with E-state index >= 15 is 0 Å². The van der Waals surface area contributed by atoms with Gasteiger partial charge in [0.1, 0.15) is 0 Å². The normalized spacial score (nSPS) is 17.5. The smallest absolute Gasteiger partial charge is 0.231 e. The van der Waals surface area contributed by atoms with E-state index in [-0.39, 0.29) is 18.6 Å². The maximum Gasteiger partial charge on any atom is 0.231 e. The molecule has 1 amide bonds. The van der Waals surface area contributed by atoms with Gasteiger partial charge in [0.25, 0.3) is 0 Å². The second-order valence-electron chi connectivity index (χ2n) is 8.02. The van der Waals surface area contributed by atoms with Crippen LogP contribution in [0.2, 0.25) is 0 Å². The number of fused-ring (bicyclic) bond motifs is 1. The van der Waals surface area contributed by atoms with E-state index in [0.29, 0.717) is 12.3 Å². The monoisotopic (exact) mass is 399 g/mol. The molecule has 5 rings (SSSR count). The Kier molecular flexibility index (Phi) is 5.14. The average molecular weight is 399 g/mol. The second-order valence-corrected chi connectivity index (χ2v) is 8.02. The minimum atomic E-state index is 0.0736. The van der Waals surface area contributed by atoms with Gasteiger partial charge in [0.15, 0.2) is 11.5 Å². The zero-order chi connectivity index (χ0) is 20.3. The molecule has 0 aliphatic carbocycles. The van der Waals surface area contributed by atoms with Crippen LogP contribution in [-0.4, -0.2) is 30.7 Å². The third kappa shape index (κ3) is 3.78. The van der Waals surface area contributed by atoms with Crippen LogP contribution in [0.15, 0.2) is 78.9 Å². The van der Waals surface area contributed by atoms with Crippen molar-refractivity contribution in [3.8, 4) is 11.5 Å². The predicted octanol–water partition coefficient (Wildman–Crippen LogP) is 4.95. The fourth-order valence-corrected chi connectivity index (χ4v) is 4.53. The Morgan fingerprint density at radius 1 is 0.900 bits per heavy atom. The number of hydrogen-bond donors (Lipinski definition) is 0. The number of likely N-dealkylation sites (tertiary alicyclic amines) is 1. The van der Waals surface area contributed by atoms with Crippen LogP contribution < -0.4 is 9.47 Å². The van der Waals surface area contributed by atoms with Crippen LogP contribution in [0.25, 0.3) is 0 Å². The van der Waals surface area contributed by atoms with Crippen molar-refractivity contribution in [1.29, 1.82) is 0 Å². The number of benzene rings is 3. The van der Waals surface area contributed by atoms with Crippen molar-refractivity contribution in [2.75, 3.05) is 19.9 Å². The van der Waals surface area contributed by atoms with Crippen molar-refractivity contribution >= 4 is 5.91 Å². The van der Waals surface area contributed by atoms with Crippen LogP contribution in [0.5, 0.6) is 11.5 Å². The van der Waals surface area contributed by atoms with E-state index in [1.807, 2.05) is 47.4 Å². The summed E-state index contributed by atoms with van der Waals surface area (Å²) in [6, 6.07) is 26.8. The lowest BCUT2D eigenvalue weighted by Gasteiger charge is -2.22. The molecule has 0 N–H and O–H groups in total. The average Bonchev–Trinajstić information content (AvgIpc) is 3.48. The molecule has 152 valence electrons. The van der Waals surface area contributed by atoms with Gasteiger partial charge in [-0.1, -0.05) is 66.7 Å². The first kappa shape index (κ1) is 18.7. The zero-order valence-corrected chi connectivity index (χ0v) is 16.9. The number of nitrogens with zero attached hydrogens (tertiary/aromatic N) is 1. The number of amides is 1. The maximum absolute atomic E-state index is 13.2. The van der Waals surface area contributed by atoms with Crippen molar-refractivity contribution in [2.24, 2.45) is 0 Å². The summed E-state index contributed by atoms with van der Waals surface area (Å²) in [5, 5.41) is 0. The van der Waals surface area contributed by atoms with Gasteiger partial charge in [0.2, 0.25) is 12.7 Å². The van der Waals surface area contributed by atoms with Crippen LogP contribution in [0.3, 0.4) is 0 Å². The van der Waals surface area contributed by atoms with Gasteiger partial charge in [-0.15, -0.1) is 0 Å². The molecule has 1 unspecified atom stereocenters. The van der Waals surface area contributed by atoms with Gasteiger partial charge >= 0.3 is 0 Å². The summed E-state index contributed by atoms with van der Waals surface area (Å²) in [5.41, 5.74) is 3.59. The molecule has 0 spiro atoms. The van der Waals surface area contributed by atoms with Gasteiger partial charge in [0.05, 0.1) is 0 Å². The largest absolute Gasteiger partial charge is 0.454 e. The molecule has 1 atom stereocenters. The van der Waals surface area contributed by atoms with Gasteiger partial charge in [-0.25, -0.2) is 0 Å². The Hall–Kier alpha value is -3.27. The van der Waals surface area contributed by atoms with Crippen LogP contribution in [0.4, 0.5) is 0 Å². The summed E-state index contributed by atoms with van der Waals surface area (Å²) in [4.78, 5) is 15.3. The highest BCUT2D eigenvalue weighted by atomic mass is 16.7. The minimum Gasteiger partial charge on any atom is -0.454 e. The van der Waals surface area contributed by atoms with Crippen LogP contribution >= 0.6 is 0 Å². The summed E-state index contributed by atoms with van der Waals surface area (Å²) in [7, 11) is 0. The summed E-state index contributed by atoms with van der Waals surface area (Å²) < 4.78 is 10.9. The van der Waals surface area contributed by atoms with Gasteiger partial charge in [-0.2, -0.15) is 0 Å². The van der Waals surface area contributed by atoms with Crippen LogP contribution in [-0.2, 0) is 4.79 Å². The first-order chi connectivity index (χ1) is 14.8. The van der Waals surface area contributed by atoms with E-state index in [2.05, 4.69) is 36.4 Å². The molecular weight excluding hydrogens is 374 g/mol. The maximum atomic E-state index is 13.2. The molecule has 4 heteroatoms. The molecule has 1 saturated heterocycles. The summed E-state index contributed by atoms with van der Waals surface area (Å²) in [6.07, 6.45) is 1.47. The van der Waals surface area contributed by atoms with E-state index < -0.39 is 0 Å². The van der Waals surface area contributed by atoms with Crippen LogP contribution in [0.1, 0.15) is 41.4 Å². The van der Waals surface area contributed by atoms with Gasteiger partial charge in [-0.05, 0) is 35.2 Å². The lowest BCUT2D eigenvalue weighted by Crippen LogP contribution is -2.30. The summed E-state index contributed by atoms with van der Waals surface area (Å²) >= 11 is 0. The van der Waals surface area contributed by atoms with E-state index in [0.717, 1.165) is 31.0 Å². The first-order valence-electron chi connectivity index (χ1n) is 10.5. The van der Waals surface area contributed by atoms with E-state index in [9.17, 15) is 4.79 Å². The molecule has 2 aliphatic rings. The number of carbonyl (C=O) groups excluding carboxylic acids is 1. The molecule has 2 heterocycles. The lowest BCUT2D eigenvalue weighted by atomic mass is 9.88. The third-order valence-corrected chi connectivity index (χ3v) is 6.19. The van der Waals surface area contributed by atoms with Gasteiger partial charge in [0, 0.05) is 31.3 Å². The minimum absolute atomic E-state index is 0.0736. The molecule has 0 aromatic heterocycles. The Morgan fingerprint density at radius 3 is 2.27 bits per heavy atom. The predicted molar refractivity (Wildman–Crippen MR) is 116 cm³/mol. The first-order valence-corrected chi connectivity index (χ1v) is 10.5. The van der Waals surface area contributed by atoms with Crippen molar-refractivity contribution in [1.82, 2.24) is 4.90 Å². The summed E-state index contributed by atoms with van der Waals surface area (Å²) in [5.74, 6) is 2.25. The third-order valence-electron chi connectivity index (χ3n) is 6.19. The highest BCUT2D eigenvalue weighted by molar-refractivity contribution is 5.78. The Bertz CT molecular complexity index is 979. The lowest BCUT2D eigenvalue weighted by molar-refractivity contribution is -0.130. The van der Waals surface area contributed by atoms with Gasteiger partial charge in [-0.3, -0.25) is 4.79 Å². The molecule has 0 saturated carbocycles. The fourth-order valence-electron chi connectivity index (χ4n) is 4.53. The van der Waals surface area contributed by atoms with E-state index in [1.165, 1.54) is 16.7 Å². The number of hydrogen-bond acceptors (Lipinski definition) is 3. The molecule has 3 aromatic carbocycles. The zero-order valence-electron chi connectivity index (χ0n) is 16.9. The van der Waals surface area contributed by atoms with Crippen LogP contribution in [0, 0.1) is 0 Å². The molecule has 1 fully saturated rings. The number of rotatable bonds is 5. The quantitative estimate of drug-likeness (QED) is 0.609. The molecule has 2 aliphatic heterocycles. The summed E-state index contributed by atoms with van der Waals surface area (Å²) in [6.45, 7) is 1.84. The molecule has 0 radical (unpaired) electrons. The highest BCUT2D eigenvalue weighted by Crippen LogP contribution is 2.37. The van der Waals surface area contributed by atoms with Crippen molar-refractivity contribution in [2.45, 2.75) is 24.7 Å². The molecular formula is C26H25NO3. The van der Waals surface area contributed by atoms with E-state index in [4.69, 9.17) is 9.47 Å². The second kappa shape index (κ2) is 8.23. The molecule has 3 aromatic rings. The Morgan fingerprint density at radius 2 is 1.57 bits per heavy atom. The van der Waals surface area contributed by atoms with Crippen molar-refractivity contribution < 1.29 is 14.3 Å². The number of ether oxygens (including phenoxy) is 2.